The van der Waals surface area contributed by atoms with Crippen LogP contribution in [-0.2, 0) is 9.53 Å². The standard InChI is InChI=1S/C13H24N2O4/c1-2-19-9-5-7-14-13(18)15-8-4-3-6-11(15)10-12(16)17/h11H,2-10H2,1H3,(H,14,18)(H,16,17). The first kappa shape index (κ1) is 15.8. The number of amides is 2. The number of nitrogens with zero attached hydrogens (tertiary/aromatic N) is 1. The van der Waals surface area contributed by atoms with E-state index in [-0.39, 0.29) is 18.5 Å². The van der Waals surface area contributed by atoms with Gasteiger partial charge in [-0.25, -0.2) is 4.79 Å². The third-order valence-electron chi connectivity index (χ3n) is 3.24. The van der Waals surface area contributed by atoms with Crippen LogP contribution in [0.2, 0.25) is 0 Å². The van der Waals surface area contributed by atoms with E-state index >= 15 is 0 Å². The normalized spacial score (nSPS) is 19.2. The number of carboxylic acids is 1. The van der Waals surface area contributed by atoms with E-state index in [0.717, 1.165) is 25.7 Å². The molecule has 1 aliphatic rings. The molecule has 110 valence electrons. The summed E-state index contributed by atoms with van der Waals surface area (Å²) in [7, 11) is 0. The molecular weight excluding hydrogens is 248 g/mol. The van der Waals surface area contributed by atoms with Crippen molar-refractivity contribution in [2.45, 2.75) is 45.1 Å². The van der Waals surface area contributed by atoms with Gasteiger partial charge in [-0.15, -0.1) is 0 Å². The summed E-state index contributed by atoms with van der Waals surface area (Å²) in [6.45, 7) is 4.46. The number of urea groups is 1. The molecule has 1 fully saturated rings. The lowest BCUT2D eigenvalue weighted by Gasteiger charge is -2.34. The monoisotopic (exact) mass is 272 g/mol. The van der Waals surface area contributed by atoms with Gasteiger partial charge in [-0.3, -0.25) is 4.79 Å². The lowest BCUT2D eigenvalue weighted by molar-refractivity contribution is -0.138. The molecule has 0 spiro atoms. The van der Waals surface area contributed by atoms with Crippen molar-refractivity contribution in [3.05, 3.63) is 0 Å². The van der Waals surface area contributed by atoms with Crippen LogP contribution in [0.1, 0.15) is 39.0 Å². The zero-order valence-electron chi connectivity index (χ0n) is 11.6. The maximum atomic E-state index is 12.0. The van der Waals surface area contributed by atoms with E-state index in [1.54, 1.807) is 4.90 Å². The molecule has 6 heteroatoms. The summed E-state index contributed by atoms with van der Waals surface area (Å²) in [5, 5.41) is 11.7. The highest BCUT2D eigenvalue weighted by molar-refractivity contribution is 5.76. The van der Waals surface area contributed by atoms with Gasteiger partial charge in [0.05, 0.1) is 6.42 Å². The first-order valence-corrected chi connectivity index (χ1v) is 6.99. The Morgan fingerprint density at radius 2 is 2.21 bits per heavy atom. The van der Waals surface area contributed by atoms with Gasteiger partial charge in [0.25, 0.3) is 0 Å². The van der Waals surface area contributed by atoms with Gasteiger partial charge in [0.1, 0.15) is 0 Å². The molecular formula is C13H24N2O4. The van der Waals surface area contributed by atoms with Crippen molar-refractivity contribution in [2.24, 2.45) is 0 Å². The highest BCUT2D eigenvalue weighted by Gasteiger charge is 2.28. The zero-order chi connectivity index (χ0) is 14.1. The van der Waals surface area contributed by atoms with Crippen molar-refractivity contribution < 1.29 is 19.4 Å². The predicted octanol–water partition coefficient (Wildman–Crippen LogP) is 1.45. The summed E-state index contributed by atoms with van der Waals surface area (Å²) >= 11 is 0. The number of aliphatic carboxylic acids is 1. The summed E-state index contributed by atoms with van der Waals surface area (Å²) < 4.78 is 5.19. The quantitative estimate of drug-likeness (QED) is 0.688. The third-order valence-corrected chi connectivity index (χ3v) is 3.24. The number of nitrogens with one attached hydrogen (secondary N) is 1. The smallest absolute Gasteiger partial charge is 0.317 e. The number of likely N-dealkylation sites (tertiary alicyclic amines) is 1. The second kappa shape index (κ2) is 8.74. The maximum absolute atomic E-state index is 12.0. The average Bonchev–Trinajstić information content (AvgIpc) is 2.38. The van der Waals surface area contributed by atoms with Gasteiger partial charge < -0.3 is 20.1 Å². The Balaban J connectivity index is 2.32. The van der Waals surface area contributed by atoms with Gasteiger partial charge >= 0.3 is 12.0 Å². The van der Waals surface area contributed by atoms with Crippen LogP contribution in [-0.4, -0.2) is 54.4 Å². The Bertz CT molecular complexity index is 296. The van der Waals surface area contributed by atoms with Crippen LogP contribution in [0.15, 0.2) is 0 Å². The van der Waals surface area contributed by atoms with Crippen molar-refractivity contribution in [2.75, 3.05) is 26.3 Å². The van der Waals surface area contributed by atoms with E-state index in [4.69, 9.17) is 9.84 Å². The molecule has 1 saturated heterocycles. The average molecular weight is 272 g/mol. The molecule has 1 unspecified atom stereocenters. The topological polar surface area (TPSA) is 78.9 Å². The summed E-state index contributed by atoms with van der Waals surface area (Å²) in [5.74, 6) is -0.846. The van der Waals surface area contributed by atoms with E-state index in [9.17, 15) is 9.59 Å². The number of carbonyl (C=O) groups excluding carboxylic acids is 1. The van der Waals surface area contributed by atoms with Gasteiger partial charge in [0.2, 0.25) is 0 Å². The first-order chi connectivity index (χ1) is 9.15. The molecule has 1 heterocycles. The minimum absolute atomic E-state index is 0.0341. The Labute approximate surface area is 114 Å². The van der Waals surface area contributed by atoms with Gasteiger partial charge in [-0.1, -0.05) is 0 Å². The second-order valence-corrected chi connectivity index (χ2v) is 4.72. The van der Waals surface area contributed by atoms with Crippen molar-refractivity contribution >= 4 is 12.0 Å². The van der Waals surface area contributed by atoms with Gasteiger partial charge in [-0.05, 0) is 32.6 Å². The maximum Gasteiger partial charge on any atom is 0.317 e. The molecule has 1 rings (SSSR count). The molecule has 2 N–H and O–H groups in total. The minimum atomic E-state index is -0.846. The largest absolute Gasteiger partial charge is 0.481 e. The van der Waals surface area contributed by atoms with Crippen LogP contribution in [0, 0.1) is 0 Å². The molecule has 0 aromatic rings. The van der Waals surface area contributed by atoms with Gasteiger partial charge in [0.15, 0.2) is 0 Å². The van der Waals surface area contributed by atoms with Crippen molar-refractivity contribution in [3.8, 4) is 0 Å². The Hall–Kier alpha value is -1.30. The number of ether oxygens (including phenoxy) is 1. The lowest BCUT2D eigenvalue weighted by Crippen LogP contribution is -2.49. The van der Waals surface area contributed by atoms with Crippen LogP contribution in [0.25, 0.3) is 0 Å². The number of carbonyl (C=O) groups is 2. The first-order valence-electron chi connectivity index (χ1n) is 6.99. The molecule has 0 bridgehead atoms. The minimum Gasteiger partial charge on any atom is -0.481 e. The van der Waals surface area contributed by atoms with E-state index in [1.165, 1.54) is 0 Å². The summed E-state index contributed by atoms with van der Waals surface area (Å²) in [4.78, 5) is 24.5. The molecule has 0 aliphatic carbocycles. The Morgan fingerprint density at radius 1 is 1.42 bits per heavy atom. The van der Waals surface area contributed by atoms with Crippen LogP contribution in [0.5, 0.6) is 0 Å². The van der Waals surface area contributed by atoms with Gasteiger partial charge in [-0.2, -0.15) is 0 Å². The number of piperidine rings is 1. The highest BCUT2D eigenvalue weighted by atomic mass is 16.5. The fraction of sp³-hybridized carbons (Fsp3) is 0.846. The van der Waals surface area contributed by atoms with E-state index < -0.39 is 5.97 Å². The molecule has 1 aliphatic heterocycles. The van der Waals surface area contributed by atoms with E-state index in [1.807, 2.05) is 6.92 Å². The number of carboxylic acid groups (broad SMARTS) is 1. The number of rotatable bonds is 7. The third kappa shape index (κ3) is 5.92. The fourth-order valence-corrected chi connectivity index (χ4v) is 2.30. The molecule has 6 nitrogen and oxygen atoms in total. The molecule has 0 aromatic carbocycles. The molecule has 2 amide bonds. The van der Waals surface area contributed by atoms with Crippen molar-refractivity contribution in [1.29, 1.82) is 0 Å². The molecule has 19 heavy (non-hydrogen) atoms. The van der Waals surface area contributed by atoms with Crippen molar-refractivity contribution in [1.82, 2.24) is 10.2 Å². The van der Waals surface area contributed by atoms with Crippen molar-refractivity contribution in [3.63, 3.8) is 0 Å². The molecule has 0 radical (unpaired) electrons. The van der Waals surface area contributed by atoms with Crippen LogP contribution in [0.3, 0.4) is 0 Å². The SMILES string of the molecule is CCOCCCNC(=O)N1CCCCC1CC(=O)O. The van der Waals surface area contributed by atoms with Crippen LogP contribution >= 0.6 is 0 Å². The van der Waals surface area contributed by atoms with Gasteiger partial charge in [0, 0.05) is 32.3 Å². The Kier molecular flexibility index (Phi) is 7.25. The fourth-order valence-electron chi connectivity index (χ4n) is 2.30. The highest BCUT2D eigenvalue weighted by Crippen LogP contribution is 2.19. The van der Waals surface area contributed by atoms with Crippen LogP contribution in [0.4, 0.5) is 4.79 Å². The second-order valence-electron chi connectivity index (χ2n) is 4.72. The van der Waals surface area contributed by atoms with E-state index in [0.29, 0.717) is 26.3 Å². The zero-order valence-corrected chi connectivity index (χ0v) is 11.6. The number of hydrogen-bond acceptors (Lipinski definition) is 3. The molecule has 0 saturated carbocycles. The van der Waals surface area contributed by atoms with E-state index in [2.05, 4.69) is 5.32 Å². The predicted molar refractivity (Wildman–Crippen MR) is 71.1 cm³/mol. The summed E-state index contributed by atoms with van der Waals surface area (Å²) in [6.07, 6.45) is 3.52. The molecule has 0 aromatic heterocycles. The van der Waals surface area contributed by atoms with Crippen LogP contribution < -0.4 is 5.32 Å². The lowest BCUT2D eigenvalue weighted by atomic mass is 10.00. The Morgan fingerprint density at radius 3 is 2.89 bits per heavy atom. The number of hydrogen-bond donors (Lipinski definition) is 2. The summed E-state index contributed by atoms with van der Waals surface area (Å²) in [5.41, 5.74) is 0. The molecule has 1 atom stereocenters. The summed E-state index contributed by atoms with van der Waals surface area (Å²) in [6, 6.07) is -0.319.